The molecule has 1 N–H and O–H groups in total. The van der Waals surface area contributed by atoms with Crippen LogP contribution in [0.15, 0.2) is 42.5 Å². The Morgan fingerprint density at radius 1 is 1.05 bits per heavy atom. The molecule has 1 amide bonds. The van der Waals surface area contributed by atoms with E-state index in [-0.39, 0.29) is 5.91 Å². The van der Waals surface area contributed by atoms with Gasteiger partial charge in [0.05, 0.1) is 0 Å². The van der Waals surface area contributed by atoms with Gasteiger partial charge in [-0.3, -0.25) is 4.79 Å². The molecule has 0 saturated carbocycles. The van der Waals surface area contributed by atoms with E-state index in [0.29, 0.717) is 6.42 Å². The van der Waals surface area contributed by atoms with Crippen LogP contribution in [0.25, 0.3) is 10.8 Å². The molecule has 0 atom stereocenters. The standard InChI is InChI=1S/C17H20N2O/c20-17(10-13-19-11-3-4-12-19)18-16-9-5-7-14-6-1-2-8-15(14)16/h1-2,5-9H,3-4,10-13H2,(H,18,20). The number of amides is 1. The van der Waals surface area contributed by atoms with Gasteiger partial charge in [0.1, 0.15) is 0 Å². The van der Waals surface area contributed by atoms with Crippen molar-refractivity contribution in [2.24, 2.45) is 0 Å². The van der Waals surface area contributed by atoms with Crippen LogP contribution in [-0.2, 0) is 4.79 Å². The number of benzene rings is 2. The average Bonchev–Trinajstić information content (AvgIpc) is 2.99. The smallest absolute Gasteiger partial charge is 0.225 e. The van der Waals surface area contributed by atoms with E-state index in [9.17, 15) is 4.79 Å². The van der Waals surface area contributed by atoms with Crippen LogP contribution >= 0.6 is 0 Å². The van der Waals surface area contributed by atoms with Gasteiger partial charge in [-0.2, -0.15) is 0 Å². The van der Waals surface area contributed by atoms with Crippen molar-refractivity contribution in [3.8, 4) is 0 Å². The normalized spacial score (nSPS) is 15.6. The van der Waals surface area contributed by atoms with Crippen molar-refractivity contribution in [1.82, 2.24) is 4.90 Å². The zero-order valence-corrected chi connectivity index (χ0v) is 11.6. The molecule has 1 aliphatic heterocycles. The Morgan fingerprint density at radius 3 is 2.65 bits per heavy atom. The molecule has 1 saturated heterocycles. The summed E-state index contributed by atoms with van der Waals surface area (Å²) in [4.78, 5) is 14.4. The molecule has 1 heterocycles. The Balaban J connectivity index is 1.65. The molecule has 0 spiro atoms. The quantitative estimate of drug-likeness (QED) is 0.923. The van der Waals surface area contributed by atoms with Crippen LogP contribution in [0.2, 0.25) is 0 Å². The fourth-order valence-corrected chi connectivity index (χ4v) is 2.81. The second-order valence-corrected chi connectivity index (χ2v) is 5.37. The molecule has 3 rings (SSSR count). The third kappa shape index (κ3) is 2.99. The van der Waals surface area contributed by atoms with Crippen LogP contribution in [-0.4, -0.2) is 30.4 Å². The number of likely N-dealkylation sites (tertiary alicyclic amines) is 1. The lowest BCUT2D eigenvalue weighted by Crippen LogP contribution is -2.25. The van der Waals surface area contributed by atoms with Gasteiger partial charge in [-0.05, 0) is 37.4 Å². The maximum atomic E-state index is 12.1. The molecule has 3 nitrogen and oxygen atoms in total. The third-order valence-electron chi connectivity index (χ3n) is 3.92. The number of hydrogen-bond acceptors (Lipinski definition) is 2. The largest absolute Gasteiger partial charge is 0.325 e. The highest BCUT2D eigenvalue weighted by Gasteiger charge is 2.13. The molecule has 20 heavy (non-hydrogen) atoms. The molecule has 1 fully saturated rings. The molecule has 104 valence electrons. The van der Waals surface area contributed by atoms with E-state index in [4.69, 9.17) is 0 Å². The molecular weight excluding hydrogens is 248 g/mol. The maximum absolute atomic E-state index is 12.1. The minimum absolute atomic E-state index is 0.105. The zero-order valence-electron chi connectivity index (χ0n) is 11.6. The molecule has 2 aromatic carbocycles. The van der Waals surface area contributed by atoms with E-state index in [1.807, 2.05) is 30.3 Å². The van der Waals surface area contributed by atoms with E-state index >= 15 is 0 Å². The van der Waals surface area contributed by atoms with Crippen molar-refractivity contribution in [2.75, 3.05) is 25.0 Å². The van der Waals surface area contributed by atoms with Crippen molar-refractivity contribution in [3.63, 3.8) is 0 Å². The number of fused-ring (bicyclic) bond motifs is 1. The van der Waals surface area contributed by atoms with E-state index in [0.717, 1.165) is 36.1 Å². The molecule has 2 aromatic rings. The molecule has 0 unspecified atom stereocenters. The van der Waals surface area contributed by atoms with Gasteiger partial charge in [0.25, 0.3) is 0 Å². The Labute approximate surface area is 119 Å². The Morgan fingerprint density at radius 2 is 1.80 bits per heavy atom. The van der Waals surface area contributed by atoms with Gasteiger partial charge in [0.15, 0.2) is 0 Å². The van der Waals surface area contributed by atoms with Gasteiger partial charge in [-0.1, -0.05) is 36.4 Å². The van der Waals surface area contributed by atoms with Crippen molar-refractivity contribution in [3.05, 3.63) is 42.5 Å². The predicted molar refractivity (Wildman–Crippen MR) is 82.9 cm³/mol. The second kappa shape index (κ2) is 6.06. The monoisotopic (exact) mass is 268 g/mol. The Bertz CT molecular complexity index is 597. The van der Waals surface area contributed by atoms with Crippen molar-refractivity contribution in [2.45, 2.75) is 19.3 Å². The molecule has 0 aliphatic carbocycles. The zero-order chi connectivity index (χ0) is 13.8. The first-order chi connectivity index (χ1) is 9.83. The maximum Gasteiger partial charge on any atom is 0.225 e. The van der Waals surface area contributed by atoms with Gasteiger partial charge >= 0.3 is 0 Å². The van der Waals surface area contributed by atoms with Crippen LogP contribution < -0.4 is 5.32 Å². The topological polar surface area (TPSA) is 32.3 Å². The molecule has 0 bridgehead atoms. The van der Waals surface area contributed by atoms with Gasteiger partial charge in [0.2, 0.25) is 5.91 Å². The average molecular weight is 268 g/mol. The molecule has 1 aliphatic rings. The lowest BCUT2D eigenvalue weighted by atomic mass is 10.1. The summed E-state index contributed by atoms with van der Waals surface area (Å²) < 4.78 is 0. The SMILES string of the molecule is O=C(CCN1CCCC1)Nc1cccc2ccccc12. The van der Waals surface area contributed by atoms with Gasteiger partial charge in [0, 0.05) is 24.0 Å². The lowest BCUT2D eigenvalue weighted by Gasteiger charge is -2.14. The van der Waals surface area contributed by atoms with E-state index in [1.54, 1.807) is 0 Å². The first-order valence-electron chi connectivity index (χ1n) is 7.33. The van der Waals surface area contributed by atoms with Crippen molar-refractivity contribution in [1.29, 1.82) is 0 Å². The summed E-state index contributed by atoms with van der Waals surface area (Å²) in [7, 11) is 0. The van der Waals surface area contributed by atoms with E-state index in [1.165, 1.54) is 12.8 Å². The summed E-state index contributed by atoms with van der Waals surface area (Å²) in [6, 6.07) is 14.1. The number of nitrogens with zero attached hydrogens (tertiary/aromatic N) is 1. The van der Waals surface area contributed by atoms with Crippen molar-refractivity contribution >= 4 is 22.4 Å². The van der Waals surface area contributed by atoms with Crippen LogP contribution in [0.5, 0.6) is 0 Å². The van der Waals surface area contributed by atoms with Crippen LogP contribution in [0.4, 0.5) is 5.69 Å². The Kier molecular flexibility index (Phi) is 3.97. The van der Waals surface area contributed by atoms with Gasteiger partial charge in [-0.15, -0.1) is 0 Å². The van der Waals surface area contributed by atoms with Gasteiger partial charge in [-0.25, -0.2) is 0 Å². The summed E-state index contributed by atoms with van der Waals surface area (Å²) in [5.41, 5.74) is 0.912. The van der Waals surface area contributed by atoms with E-state index < -0.39 is 0 Å². The van der Waals surface area contributed by atoms with Crippen molar-refractivity contribution < 1.29 is 4.79 Å². The number of hydrogen-bond donors (Lipinski definition) is 1. The highest BCUT2D eigenvalue weighted by atomic mass is 16.1. The number of nitrogens with one attached hydrogen (secondary N) is 1. The predicted octanol–water partition coefficient (Wildman–Crippen LogP) is 3.26. The van der Waals surface area contributed by atoms with Crippen LogP contribution in [0.1, 0.15) is 19.3 Å². The summed E-state index contributed by atoms with van der Waals surface area (Å²) in [6.45, 7) is 3.15. The molecular formula is C17H20N2O. The minimum atomic E-state index is 0.105. The first-order valence-corrected chi connectivity index (χ1v) is 7.33. The fraction of sp³-hybridized carbons (Fsp3) is 0.353. The summed E-state index contributed by atoms with van der Waals surface area (Å²) in [5.74, 6) is 0.105. The van der Waals surface area contributed by atoms with E-state index in [2.05, 4.69) is 22.3 Å². The summed E-state index contributed by atoms with van der Waals surface area (Å²) in [5, 5.41) is 5.30. The molecule has 3 heteroatoms. The first kappa shape index (κ1) is 13.1. The minimum Gasteiger partial charge on any atom is -0.325 e. The summed E-state index contributed by atoms with van der Waals surface area (Å²) >= 11 is 0. The third-order valence-corrected chi connectivity index (χ3v) is 3.92. The Hall–Kier alpha value is -1.87. The molecule has 0 aromatic heterocycles. The van der Waals surface area contributed by atoms with Gasteiger partial charge < -0.3 is 10.2 Å². The highest BCUT2D eigenvalue weighted by Crippen LogP contribution is 2.23. The number of anilines is 1. The summed E-state index contributed by atoms with van der Waals surface area (Å²) in [6.07, 6.45) is 3.11. The van der Waals surface area contributed by atoms with Crippen LogP contribution in [0, 0.1) is 0 Å². The number of carbonyl (C=O) groups excluding carboxylic acids is 1. The highest BCUT2D eigenvalue weighted by molar-refractivity contribution is 6.02. The lowest BCUT2D eigenvalue weighted by molar-refractivity contribution is -0.116. The number of carbonyl (C=O) groups is 1. The number of rotatable bonds is 4. The second-order valence-electron chi connectivity index (χ2n) is 5.37. The van der Waals surface area contributed by atoms with Crippen LogP contribution in [0.3, 0.4) is 0 Å². The fourth-order valence-electron chi connectivity index (χ4n) is 2.81. The molecule has 0 radical (unpaired) electrons.